The van der Waals surface area contributed by atoms with Crippen LogP contribution in [0.15, 0.2) is 47.4 Å². The fraction of sp³-hybridized carbons (Fsp3) is 0.250. The number of carbonyl (C=O) groups excluding carboxylic acids is 3. The van der Waals surface area contributed by atoms with Crippen LogP contribution in [0.2, 0.25) is 0 Å². The number of aryl methyl sites for hydroxylation is 1. The Bertz CT molecular complexity index is 845. The van der Waals surface area contributed by atoms with Crippen LogP contribution < -0.4 is 5.32 Å². The van der Waals surface area contributed by atoms with Gasteiger partial charge in [-0.15, -0.1) is 11.8 Å². The van der Waals surface area contributed by atoms with Gasteiger partial charge in [-0.05, 0) is 30.2 Å². The van der Waals surface area contributed by atoms with Gasteiger partial charge in [0.2, 0.25) is 5.91 Å². The second-order valence-electron chi connectivity index (χ2n) is 5.91. The van der Waals surface area contributed by atoms with Crippen LogP contribution in [-0.2, 0) is 16.0 Å². The number of thioether (sulfide) groups is 1. The lowest BCUT2D eigenvalue weighted by Crippen LogP contribution is -2.15. The van der Waals surface area contributed by atoms with Crippen LogP contribution >= 0.6 is 11.8 Å². The SMILES string of the molecule is CCc1ccc(C(=O)COC(=O)c2ccc3c(c2)NC(=O)CCS3)cc1. The number of ether oxygens (including phenoxy) is 1. The third kappa shape index (κ3) is 4.32. The number of amides is 1. The molecular formula is C20H19NO4S. The van der Waals surface area contributed by atoms with Gasteiger partial charge in [-0.2, -0.15) is 0 Å². The van der Waals surface area contributed by atoms with E-state index < -0.39 is 5.97 Å². The number of fused-ring (bicyclic) bond motifs is 1. The smallest absolute Gasteiger partial charge is 0.338 e. The zero-order valence-electron chi connectivity index (χ0n) is 14.4. The maximum Gasteiger partial charge on any atom is 0.338 e. The summed E-state index contributed by atoms with van der Waals surface area (Å²) in [5, 5.41) is 2.78. The van der Waals surface area contributed by atoms with E-state index in [0.717, 1.165) is 16.9 Å². The number of rotatable bonds is 5. The minimum absolute atomic E-state index is 0.0764. The van der Waals surface area contributed by atoms with E-state index in [9.17, 15) is 14.4 Å². The first-order valence-corrected chi connectivity index (χ1v) is 9.41. The van der Waals surface area contributed by atoms with Gasteiger partial charge in [0.25, 0.3) is 0 Å². The first-order valence-electron chi connectivity index (χ1n) is 8.43. The van der Waals surface area contributed by atoms with Gasteiger partial charge in [-0.25, -0.2) is 4.79 Å². The molecule has 1 aliphatic heterocycles. The summed E-state index contributed by atoms with van der Waals surface area (Å²) in [6, 6.07) is 12.3. The molecule has 2 aromatic carbocycles. The molecule has 2 aromatic rings. The molecule has 26 heavy (non-hydrogen) atoms. The van der Waals surface area contributed by atoms with Gasteiger partial charge in [-0.3, -0.25) is 9.59 Å². The molecule has 0 radical (unpaired) electrons. The van der Waals surface area contributed by atoms with E-state index in [0.29, 0.717) is 29.0 Å². The highest BCUT2D eigenvalue weighted by Crippen LogP contribution is 2.31. The van der Waals surface area contributed by atoms with E-state index in [2.05, 4.69) is 5.32 Å². The molecule has 0 unspecified atom stereocenters. The minimum atomic E-state index is -0.588. The molecule has 0 aliphatic carbocycles. The number of benzene rings is 2. The summed E-state index contributed by atoms with van der Waals surface area (Å²) in [5.41, 5.74) is 2.57. The third-order valence-corrected chi connectivity index (χ3v) is 5.17. The van der Waals surface area contributed by atoms with Gasteiger partial charge < -0.3 is 10.1 Å². The maximum atomic E-state index is 12.2. The number of Topliss-reactive ketones (excluding diaryl/α,β-unsaturated/α-hetero) is 1. The van der Waals surface area contributed by atoms with E-state index in [1.54, 1.807) is 42.1 Å². The lowest BCUT2D eigenvalue weighted by atomic mass is 10.1. The average molecular weight is 369 g/mol. The normalized spacial score (nSPS) is 13.3. The van der Waals surface area contributed by atoms with Crippen LogP contribution in [0.25, 0.3) is 0 Å². The van der Waals surface area contributed by atoms with E-state index >= 15 is 0 Å². The zero-order valence-corrected chi connectivity index (χ0v) is 15.2. The Morgan fingerprint density at radius 3 is 2.58 bits per heavy atom. The summed E-state index contributed by atoms with van der Waals surface area (Å²) in [4.78, 5) is 37.0. The second kappa shape index (κ2) is 8.19. The van der Waals surface area contributed by atoms with Crippen molar-refractivity contribution in [3.8, 4) is 0 Å². The van der Waals surface area contributed by atoms with E-state index in [1.165, 1.54) is 0 Å². The standard InChI is InChI=1S/C20H19NO4S/c1-2-13-3-5-14(6-4-13)17(22)12-25-20(24)15-7-8-18-16(11-15)21-19(23)9-10-26-18/h3-8,11H,2,9-10,12H2,1H3,(H,21,23). The maximum absolute atomic E-state index is 12.2. The first kappa shape index (κ1) is 18.2. The molecule has 1 amide bonds. The number of ketones is 1. The quantitative estimate of drug-likeness (QED) is 0.642. The summed E-state index contributed by atoms with van der Waals surface area (Å²) < 4.78 is 5.14. The van der Waals surface area contributed by atoms with Gasteiger partial charge in [0, 0.05) is 22.6 Å². The molecule has 1 aliphatic rings. The van der Waals surface area contributed by atoms with Crippen molar-refractivity contribution in [2.24, 2.45) is 0 Å². The van der Waals surface area contributed by atoms with Gasteiger partial charge in [-0.1, -0.05) is 31.2 Å². The molecule has 0 atom stereocenters. The molecule has 134 valence electrons. The van der Waals surface area contributed by atoms with Gasteiger partial charge in [0.05, 0.1) is 11.3 Å². The van der Waals surface area contributed by atoms with Crippen molar-refractivity contribution >= 4 is 35.1 Å². The van der Waals surface area contributed by atoms with E-state index in [1.807, 2.05) is 19.1 Å². The number of nitrogens with one attached hydrogen (secondary N) is 1. The van der Waals surface area contributed by atoms with Gasteiger partial charge >= 0.3 is 5.97 Å². The predicted molar refractivity (Wildman–Crippen MR) is 101 cm³/mol. The summed E-state index contributed by atoms with van der Waals surface area (Å²) in [6.45, 7) is 1.72. The molecule has 0 fully saturated rings. The van der Waals surface area contributed by atoms with Crippen LogP contribution in [0.3, 0.4) is 0 Å². The lowest BCUT2D eigenvalue weighted by Gasteiger charge is -2.09. The van der Waals surface area contributed by atoms with E-state index in [-0.39, 0.29) is 18.3 Å². The Balaban J connectivity index is 1.64. The fourth-order valence-electron chi connectivity index (χ4n) is 2.57. The topological polar surface area (TPSA) is 72.5 Å². The molecule has 0 saturated heterocycles. The lowest BCUT2D eigenvalue weighted by molar-refractivity contribution is -0.115. The summed E-state index contributed by atoms with van der Waals surface area (Å²) in [5.74, 6) is -0.213. The summed E-state index contributed by atoms with van der Waals surface area (Å²) in [7, 11) is 0. The molecule has 0 bridgehead atoms. The third-order valence-electron chi connectivity index (χ3n) is 4.09. The Morgan fingerprint density at radius 2 is 1.85 bits per heavy atom. The Labute approximate surface area is 156 Å². The monoisotopic (exact) mass is 369 g/mol. The molecule has 6 heteroatoms. The van der Waals surface area contributed by atoms with Crippen molar-refractivity contribution in [3.05, 3.63) is 59.2 Å². The predicted octanol–water partition coefficient (Wildman–Crippen LogP) is 3.72. The number of anilines is 1. The van der Waals surface area contributed by atoms with Crippen molar-refractivity contribution in [1.29, 1.82) is 0 Å². The Hall–Kier alpha value is -2.60. The van der Waals surface area contributed by atoms with Crippen LogP contribution in [0.5, 0.6) is 0 Å². The van der Waals surface area contributed by atoms with Crippen molar-refractivity contribution in [1.82, 2.24) is 0 Å². The number of carbonyl (C=O) groups is 3. The highest BCUT2D eigenvalue weighted by atomic mass is 32.2. The molecule has 0 aromatic heterocycles. The van der Waals surface area contributed by atoms with Crippen LogP contribution in [0.1, 0.15) is 39.6 Å². The summed E-state index contributed by atoms with van der Waals surface area (Å²) in [6.07, 6.45) is 1.33. The Morgan fingerprint density at radius 1 is 1.12 bits per heavy atom. The van der Waals surface area contributed by atoms with Crippen molar-refractivity contribution in [2.45, 2.75) is 24.7 Å². The Kier molecular flexibility index (Phi) is 5.73. The van der Waals surface area contributed by atoms with Gasteiger partial charge in [0.1, 0.15) is 0 Å². The minimum Gasteiger partial charge on any atom is -0.454 e. The molecule has 5 nitrogen and oxygen atoms in total. The van der Waals surface area contributed by atoms with Crippen molar-refractivity contribution in [2.75, 3.05) is 17.7 Å². The summed E-state index contributed by atoms with van der Waals surface area (Å²) >= 11 is 1.56. The molecule has 3 rings (SSSR count). The first-order chi connectivity index (χ1) is 12.6. The van der Waals surface area contributed by atoms with Crippen LogP contribution in [0.4, 0.5) is 5.69 Å². The zero-order chi connectivity index (χ0) is 18.5. The van der Waals surface area contributed by atoms with Crippen LogP contribution in [0, 0.1) is 0 Å². The highest BCUT2D eigenvalue weighted by Gasteiger charge is 2.17. The largest absolute Gasteiger partial charge is 0.454 e. The number of hydrogen-bond donors (Lipinski definition) is 1. The molecule has 0 saturated carbocycles. The van der Waals surface area contributed by atoms with Gasteiger partial charge in [0.15, 0.2) is 12.4 Å². The van der Waals surface area contributed by atoms with Crippen molar-refractivity contribution in [3.63, 3.8) is 0 Å². The average Bonchev–Trinajstić information content (AvgIpc) is 2.85. The molecular weight excluding hydrogens is 350 g/mol. The highest BCUT2D eigenvalue weighted by molar-refractivity contribution is 7.99. The number of hydrogen-bond acceptors (Lipinski definition) is 5. The fourth-order valence-corrected chi connectivity index (χ4v) is 3.51. The van der Waals surface area contributed by atoms with E-state index in [4.69, 9.17) is 4.74 Å². The number of esters is 1. The van der Waals surface area contributed by atoms with Crippen LogP contribution in [-0.4, -0.2) is 30.0 Å². The second-order valence-corrected chi connectivity index (χ2v) is 7.04. The molecule has 1 N–H and O–H groups in total. The molecule has 1 heterocycles. The van der Waals surface area contributed by atoms with Crippen molar-refractivity contribution < 1.29 is 19.1 Å². The molecule has 0 spiro atoms.